The van der Waals surface area contributed by atoms with Gasteiger partial charge in [-0.25, -0.2) is 0 Å². The van der Waals surface area contributed by atoms with Crippen LogP contribution in [-0.4, -0.2) is 35.3 Å². The number of nitriles is 1. The summed E-state index contributed by atoms with van der Waals surface area (Å²) in [6, 6.07) is 13.9. The van der Waals surface area contributed by atoms with Crippen LogP contribution in [0.15, 0.2) is 42.5 Å². The lowest BCUT2D eigenvalue weighted by atomic mass is 9.82. The van der Waals surface area contributed by atoms with E-state index in [9.17, 15) is 9.59 Å². The Morgan fingerprint density at radius 1 is 1.19 bits per heavy atom. The van der Waals surface area contributed by atoms with Crippen LogP contribution >= 0.6 is 11.6 Å². The Hall–Kier alpha value is -2.84. The van der Waals surface area contributed by atoms with Crippen LogP contribution in [0.1, 0.15) is 45.5 Å². The van der Waals surface area contributed by atoms with Gasteiger partial charge in [-0.3, -0.25) is 9.59 Å². The van der Waals surface area contributed by atoms with Crippen LogP contribution in [0.2, 0.25) is 5.02 Å². The van der Waals surface area contributed by atoms with E-state index < -0.39 is 5.60 Å². The zero-order valence-electron chi connectivity index (χ0n) is 14.6. The molecule has 2 aliphatic heterocycles. The van der Waals surface area contributed by atoms with E-state index in [0.29, 0.717) is 59.8 Å². The fourth-order valence-electron chi connectivity index (χ4n) is 3.77. The molecule has 0 unspecified atom stereocenters. The number of carbonyl (C=O) groups excluding carboxylic acids is 2. The van der Waals surface area contributed by atoms with E-state index in [1.165, 1.54) is 0 Å². The van der Waals surface area contributed by atoms with Gasteiger partial charge in [0.25, 0.3) is 5.91 Å². The number of rotatable bonds is 1. The lowest BCUT2D eigenvalue weighted by molar-refractivity contribution is -0.00570. The summed E-state index contributed by atoms with van der Waals surface area (Å²) in [7, 11) is 0. The van der Waals surface area contributed by atoms with Crippen LogP contribution in [0, 0.1) is 11.3 Å². The van der Waals surface area contributed by atoms with E-state index in [0.717, 1.165) is 0 Å². The molecule has 0 aromatic heterocycles. The number of hydrogen-bond acceptors (Lipinski definition) is 4. The highest BCUT2D eigenvalue weighted by atomic mass is 35.5. The molecular weight excluding hydrogens is 364 g/mol. The van der Waals surface area contributed by atoms with Crippen molar-refractivity contribution < 1.29 is 14.3 Å². The first-order chi connectivity index (χ1) is 13.0. The molecule has 0 N–H and O–H groups in total. The Balaban J connectivity index is 1.49. The van der Waals surface area contributed by atoms with Crippen molar-refractivity contribution in [2.75, 3.05) is 13.1 Å². The third-order valence-electron chi connectivity index (χ3n) is 5.25. The molecule has 6 heteroatoms. The molecule has 2 aromatic carbocycles. The standard InChI is InChI=1S/C21H17ClN2O3/c22-16-4-5-19-17(11-16)18(25)12-21(27-19)6-8-24(9-7-21)20(26)15-3-1-2-14(10-15)13-23/h1-5,10-11H,6-9,12H2. The van der Waals surface area contributed by atoms with Gasteiger partial charge in [0, 0.05) is 36.5 Å². The minimum atomic E-state index is -0.566. The molecule has 2 aliphatic rings. The highest BCUT2D eigenvalue weighted by Gasteiger charge is 2.43. The molecule has 4 rings (SSSR count). The van der Waals surface area contributed by atoms with Crippen LogP contribution in [0.3, 0.4) is 0 Å². The van der Waals surface area contributed by atoms with Gasteiger partial charge in [0.15, 0.2) is 5.78 Å². The van der Waals surface area contributed by atoms with Gasteiger partial charge in [0.1, 0.15) is 11.4 Å². The highest BCUT2D eigenvalue weighted by molar-refractivity contribution is 6.31. The van der Waals surface area contributed by atoms with Gasteiger partial charge in [-0.2, -0.15) is 5.26 Å². The zero-order chi connectivity index (χ0) is 19.0. The number of likely N-dealkylation sites (tertiary alicyclic amines) is 1. The minimum Gasteiger partial charge on any atom is -0.486 e. The van der Waals surface area contributed by atoms with Gasteiger partial charge in [-0.05, 0) is 36.4 Å². The molecule has 2 heterocycles. The highest BCUT2D eigenvalue weighted by Crippen LogP contribution is 2.40. The van der Waals surface area contributed by atoms with Crippen molar-refractivity contribution in [3.63, 3.8) is 0 Å². The Morgan fingerprint density at radius 3 is 2.70 bits per heavy atom. The first-order valence-electron chi connectivity index (χ1n) is 8.81. The molecule has 2 aromatic rings. The molecule has 0 saturated carbocycles. The maximum absolute atomic E-state index is 12.7. The summed E-state index contributed by atoms with van der Waals surface area (Å²) in [5.41, 5.74) is 0.930. The third kappa shape index (κ3) is 3.29. The normalized spacial score (nSPS) is 17.8. The van der Waals surface area contributed by atoms with Crippen molar-refractivity contribution >= 4 is 23.3 Å². The van der Waals surface area contributed by atoms with Gasteiger partial charge in [-0.15, -0.1) is 0 Å². The smallest absolute Gasteiger partial charge is 0.253 e. The number of hydrogen-bond donors (Lipinski definition) is 0. The molecule has 1 saturated heterocycles. The molecule has 1 fully saturated rings. The second-order valence-corrected chi connectivity index (χ2v) is 7.45. The number of Topliss-reactive ketones (excluding diaryl/α,β-unsaturated/α-hetero) is 1. The predicted molar refractivity (Wildman–Crippen MR) is 100 cm³/mol. The Kier molecular flexibility index (Phi) is 4.37. The van der Waals surface area contributed by atoms with Crippen molar-refractivity contribution in [2.45, 2.75) is 24.9 Å². The van der Waals surface area contributed by atoms with E-state index >= 15 is 0 Å². The molecule has 136 valence electrons. The molecule has 1 spiro atoms. The summed E-state index contributed by atoms with van der Waals surface area (Å²) in [5.74, 6) is 0.494. The molecule has 5 nitrogen and oxygen atoms in total. The van der Waals surface area contributed by atoms with E-state index in [-0.39, 0.29) is 11.7 Å². The fraction of sp³-hybridized carbons (Fsp3) is 0.286. The molecule has 0 radical (unpaired) electrons. The van der Waals surface area contributed by atoms with Crippen molar-refractivity contribution in [1.82, 2.24) is 4.90 Å². The molecule has 0 aliphatic carbocycles. The summed E-state index contributed by atoms with van der Waals surface area (Å²) < 4.78 is 6.20. The number of carbonyl (C=O) groups is 2. The Labute approximate surface area is 162 Å². The quantitative estimate of drug-likeness (QED) is 0.753. The maximum Gasteiger partial charge on any atom is 0.253 e. The van der Waals surface area contributed by atoms with E-state index in [4.69, 9.17) is 21.6 Å². The Bertz CT molecular complexity index is 972. The zero-order valence-corrected chi connectivity index (χ0v) is 15.3. The molecular formula is C21H17ClN2O3. The largest absolute Gasteiger partial charge is 0.486 e. The molecule has 1 amide bonds. The monoisotopic (exact) mass is 380 g/mol. The van der Waals surface area contributed by atoms with E-state index in [1.807, 2.05) is 0 Å². The number of nitrogens with zero attached hydrogens (tertiary/aromatic N) is 2. The van der Waals surface area contributed by atoms with Crippen molar-refractivity contribution in [1.29, 1.82) is 5.26 Å². The number of fused-ring (bicyclic) bond motifs is 1. The van der Waals surface area contributed by atoms with Crippen molar-refractivity contribution in [2.24, 2.45) is 0 Å². The lowest BCUT2D eigenvalue weighted by Crippen LogP contribution is -2.52. The molecule has 0 bridgehead atoms. The van der Waals surface area contributed by atoms with Gasteiger partial charge in [0.05, 0.1) is 23.6 Å². The summed E-state index contributed by atoms with van der Waals surface area (Å²) in [6.07, 6.45) is 1.47. The first-order valence-corrected chi connectivity index (χ1v) is 9.19. The van der Waals surface area contributed by atoms with Crippen LogP contribution < -0.4 is 4.74 Å². The van der Waals surface area contributed by atoms with Crippen molar-refractivity contribution in [3.05, 3.63) is 64.2 Å². The lowest BCUT2D eigenvalue weighted by Gasteiger charge is -2.44. The molecule has 0 atom stereocenters. The second kappa shape index (κ2) is 6.71. The van der Waals surface area contributed by atoms with Crippen molar-refractivity contribution in [3.8, 4) is 11.8 Å². The third-order valence-corrected chi connectivity index (χ3v) is 5.49. The number of halogens is 1. The number of amides is 1. The second-order valence-electron chi connectivity index (χ2n) is 7.01. The van der Waals surface area contributed by atoms with Crippen LogP contribution in [0.4, 0.5) is 0 Å². The maximum atomic E-state index is 12.7. The van der Waals surface area contributed by atoms with Gasteiger partial charge < -0.3 is 9.64 Å². The summed E-state index contributed by atoms with van der Waals surface area (Å²) in [4.78, 5) is 27.1. The topological polar surface area (TPSA) is 70.4 Å². The number of piperidine rings is 1. The summed E-state index contributed by atoms with van der Waals surface area (Å²) in [5, 5.41) is 9.53. The SMILES string of the molecule is N#Cc1cccc(C(=O)N2CCC3(CC2)CC(=O)c2cc(Cl)ccc2O3)c1. The number of ether oxygens (including phenoxy) is 1. The van der Waals surface area contributed by atoms with Gasteiger partial charge in [-0.1, -0.05) is 17.7 Å². The fourth-order valence-corrected chi connectivity index (χ4v) is 3.94. The average molecular weight is 381 g/mol. The minimum absolute atomic E-state index is 0.0280. The van der Waals surface area contributed by atoms with Gasteiger partial charge in [0.2, 0.25) is 0 Å². The summed E-state index contributed by atoms with van der Waals surface area (Å²) in [6.45, 7) is 1.01. The van der Waals surface area contributed by atoms with E-state index in [2.05, 4.69) is 6.07 Å². The number of benzene rings is 2. The Morgan fingerprint density at radius 2 is 1.96 bits per heavy atom. The first kappa shape index (κ1) is 17.6. The van der Waals surface area contributed by atoms with E-state index in [1.54, 1.807) is 47.4 Å². The van der Waals surface area contributed by atoms with Crippen LogP contribution in [0.25, 0.3) is 0 Å². The van der Waals surface area contributed by atoms with Gasteiger partial charge >= 0.3 is 0 Å². The predicted octanol–water partition coefficient (Wildman–Crippen LogP) is 3.85. The molecule has 27 heavy (non-hydrogen) atoms. The van der Waals surface area contributed by atoms with Crippen LogP contribution in [-0.2, 0) is 0 Å². The average Bonchev–Trinajstić information content (AvgIpc) is 2.69. The summed E-state index contributed by atoms with van der Waals surface area (Å²) >= 11 is 5.98. The van der Waals surface area contributed by atoms with Crippen LogP contribution in [0.5, 0.6) is 5.75 Å². The number of ketones is 1.